The van der Waals surface area contributed by atoms with E-state index in [4.69, 9.17) is 14.2 Å². The number of aromatic hydroxyl groups is 1. The fraction of sp³-hybridized carbons (Fsp3) is 0.519. The van der Waals surface area contributed by atoms with Crippen LogP contribution in [0.3, 0.4) is 0 Å². The van der Waals surface area contributed by atoms with Crippen LogP contribution < -0.4 is 4.74 Å². The predicted molar refractivity (Wildman–Crippen MR) is 133 cm³/mol. The Morgan fingerprint density at radius 2 is 1.40 bits per heavy atom. The molecule has 0 saturated carbocycles. The van der Waals surface area contributed by atoms with Crippen molar-refractivity contribution in [3.05, 3.63) is 58.1 Å². The molecule has 13 nitrogen and oxygen atoms in total. The van der Waals surface area contributed by atoms with E-state index in [1.165, 1.54) is 18.2 Å². The van der Waals surface area contributed by atoms with E-state index in [0.717, 1.165) is 0 Å². The molecule has 0 spiro atoms. The Kier molecular flexibility index (Phi) is 7.89. The highest BCUT2D eigenvalue weighted by atomic mass is 16.7. The number of rotatable bonds is 5. The number of aliphatic hydroxyl groups is 8. The van der Waals surface area contributed by atoms with E-state index >= 15 is 0 Å². The third-order valence-corrected chi connectivity index (χ3v) is 7.82. The number of phenolic OH excluding ortho intramolecular Hbond substituents is 1. The maximum absolute atomic E-state index is 13.9. The number of ketones is 1. The smallest absolute Gasteiger partial charge is 0.229 e. The molecule has 0 aromatic heterocycles. The quantitative estimate of drug-likeness (QED) is 0.182. The van der Waals surface area contributed by atoms with Crippen molar-refractivity contribution in [1.29, 1.82) is 0 Å². The number of carbonyl (C=O) groups is 1. The van der Waals surface area contributed by atoms with Gasteiger partial charge in [0, 0.05) is 5.92 Å². The van der Waals surface area contributed by atoms with Gasteiger partial charge >= 0.3 is 0 Å². The summed E-state index contributed by atoms with van der Waals surface area (Å²) in [6.07, 6.45) is -15.5. The molecule has 9 N–H and O–H groups in total. The van der Waals surface area contributed by atoms with Gasteiger partial charge in [-0.25, -0.2) is 0 Å². The first-order chi connectivity index (χ1) is 19.0. The number of carbonyl (C=O) groups excluding carboxylic acids is 1. The van der Waals surface area contributed by atoms with Crippen molar-refractivity contribution in [2.24, 2.45) is 0 Å². The Morgan fingerprint density at radius 3 is 2.05 bits per heavy atom. The first-order valence-electron chi connectivity index (χ1n) is 12.8. The summed E-state index contributed by atoms with van der Waals surface area (Å²) in [4.78, 5) is 13.9. The molecule has 11 unspecified atom stereocenters. The highest BCUT2D eigenvalue weighted by molar-refractivity contribution is 6.16. The Balaban J connectivity index is 1.63. The predicted octanol–water partition coefficient (Wildman–Crippen LogP) is -2.60. The molecule has 1 aliphatic carbocycles. The van der Waals surface area contributed by atoms with Gasteiger partial charge in [-0.2, -0.15) is 0 Å². The van der Waals surface area contributed by atoms with E-state index in [0.29, 0.717) is 5.56 Å². The number of aryl methyl sites for hydroxylation is 1. The summed E-state index contributed by atoms with van der Waals surface area (Å²) < 4.78 is 17.1. The molecule has 0 bridgehead atoms. The van der Waals surface area contributed by atoms with Gasteiger partial charge in [0.1, 0.15) is 60.3 Å². The van der Waals surface area contributed by atoms with Crippen LogP contribution in [0.1, 0.15) is 38.5 Å². The fourth-order valence-corrected chi connectivity index (χ4v) is 5.78. The summed E-state index contributed by atoms with van der Waals surface area (Å²) in [6, 6.07) is 7.41. The second kappa shape index (κ2) is 10.9. The van der Waals surface area contributed by atoms with E-state index in [-0.39, 0.29) is 33.8 Å². The van der Waals surface area contributed by atoms with Crippen molar-refractivity contribution >= 4 is 5.78 Å². The number of hydrogen-bond acceptors (Lipinski definition) is 13. The summed E-state index contributed by atoms with van der Waals surface area (Å²) in [5.41, 5.74) is 0.854. The van der Waals surface area contributed by atoms with Crippen molar-refractivity contribution in [3.63, 3.8) is 0 Å². The molecule has 2 aromatic rings. The van der Waals surface area contributed by atoms with Gasteiger partial charge in [-0.15, -0.1) is 0 Å². The standard InChI is InChI=1S/C27H32O13/c1-9-5-11-16(26-24(36)22(34)19(31)14(7-28)38-26)10-3-2-4-13(18(10)21(33)17(11)12(30)6-9)39-27-25(37)23(35)20(32)15(8-29)40-27/h2-6,14-16,19-20,22-32,34-37H,7-8H2,1H3. The van der Waals surface area contributed by atoms with Crippen LogP contribution in [-0.4, -0.2) is 126 Å². The number of ether oxygens (including phenoxy) is 3. The zero-order valence-corrected chi connectivity index (χ0v) is 21.3. The van der Waals surface area contributed by atoms with Gasteiger partial charge in [0.15, 0.2) is 0 Å². The molecule has 2 aliphatic heterocycles. The minimum atomic E-state index is -1.77. The summed E-state index contributed by atoms with van der Waals surface area (Å²) in [7, 11) is 0. The van der Waals surface area contributed by atoms with Crippen LogP contribution in [0.4, 0.5) is 0 Å². The molecule has 2 saturated heterocycles. The minimum absolute atomic E-state index is 0.104. The summed E-state index contributed by atoms with van der Waals surface area (Å²) >= 11 is 0. The molecule has 2 fully saturated rings. The van der Waals surface area contributed by atoms with Crippen molar-refractivity contribution < 1.29 is 65.0 Å². The van der Waals surface area contributed by atoms with E-state index in [9.17, 15) is 50.8 Å². The molecule has 0 amide bonds. The summed E-state index contributed by atoms with van der Waals surface area (Å²) in [5, 5.41) is 92.7. The van der Waals surface area contributed by atoms with E-state index in [2.05, 4.69) is 0 Å². The average molecular weight is 565 g/mol. The zero-order chi connectivity index (χ0) is 29.0. The zero-order valence-electron chi connectivity index (χ0n) is 21.3. The first kappa shape index (κ1) is 28.8. The van der Waals surface area contributed by atoms with Crippen LogP contribution >= 0.6 is 0 Å². The molecule has 5 rings (SSSR count). The summed E-state index contributed by atoms with van der Waals surface area (Å²) in [6.45, 7) is 0.311. The molecule has 2 heterocycles. The number of hydrogen-bond donors (Lipinski definition) is 9. The van der Waals surface area contributed by atoms with E-state index in [1.54, 1.807) is 19.1 Å². The molecule has 40 heavy (non-hydrogen) atoms. The molecular weight excluding hydrogens is 532 g/mol. The maximum Gasteiger partial charge on any atom is 0.229 e. The Hall–Kier alpha value is -2.69. The van der Waals surface area contributed by atoms with E-state index < -0.39 is 86.1 Å². The maximum atomic E-state index is 13.9. The van der Waals surface area contributed by atoms with Crippen LogP contribution in [0, 0.1) is 6.92 Å². The van der Waals surface area contributed by atoms with Gasteiger partial charge in [-0.1, -0.05) is 18.2 Å². The molecule has 218 valence electrons. The van der Waals surface area contributed by atoms with Gasteiger partial charge < -0.3 is 60.2 Å². The highest BCUT2D eigenvalue weighted by Gasteiger charge is 2.51. The molecule has 0 radical (unpaired) electrons. The first-order valence-corrected chi connectivity index (χ1v) is 12.8. The van der Waals surface area contributed by atoms with Gasteiger partial charge in [0.05, 0.1) is 30.4 Å². The number of fused-ring (bicyclic) bond motifs is 2. The molecular formula is C27H32O13. The van der Waals surface area contributed by atoms with Gasteiger partial charge in [0.2, 0.25) is 12.1 Å². The topological polar surface area (TPSA) is 227 Å². The van der Waals surface area contributed by atoms with Crippen molar-refractivity contribution in [2.45, 2.75) is 74.1 Å². The van der Waals surface area contributed by atoms with Crippen LogP contribution in [0.2, 0.25) is 0 Å². The largest absolute Gasteiger partial charge is 0.507 e. The minimum Gasteiger partial charge on any atom is -0.507 e. The van der Waals surface area contributed by atoms with Crippen LogP contribution in [0.15, 0.2) is 30.3 Å². The SMILES string of the molecule is Cc1cc(O)c2c(c1)C(C1OC(CO)C(O)C(O)C1O)c1cccc(OC3OC(CO)C(O)C(O)C3O)c1C2=O. The van der Waals surface area contributed by atoms with Crippen LogP contribution in [0.25, 0.3) is 0 Å². The third-order valence-electron chi connectivity index (χ3n) is 7.82. The summed E-state index contributed by atoms with van der Waals surface area (Å²) in [5.74, 6) is -2.21. The molecule has 11 atom stereocenters. The number of phenols is 1. The lowest BCUT2D eigenvalue weighted by Gasteiger charge is -2.45. The Morgan fingerprint density at radius 1 is 0.775 bits per heavy atom. The lowest BCUT2D eigenvalue weighted by atomic mass is 9.71. The van der Waals surface area contributed by atoms with Crippen molar-refractivity contribution in [1.82, 2.24) is 0 Å². The third kappa shape index (κ3) is 4.58. The van der Waals surface area contributed by atoms with Gasteiger partial charge in [0.25, 0.3) is 0 Å². The normalized spacial score (nSPS) is 37.5. The van der Waals surface area contributed by atoms with Gasteiger partial charge in [-0.05, 0) is 35.7 Å². The number of aliphatic hydroxyl groups excluding tert-OH is 8. The highest BCUT2D eigenvalue weighted by Crippen LogP contribution is 2.48. The fourth-order valence-electron chi connectivity index (χ4n) is 5.78. The number of benzene rings is 2. The molecule has 2 aromatic carbocycles. The van der Waals surface area contributed by atoms with Crippen LogP contribution in [0.5, 0.6) is 11.5 Å². The average Bonchev–Trinajstić information content (AvgIpc) is 2.92. The lowest BCUT2D eigenvalue weighted by Crippen LogP contribution is -2.60. The van der Waals surface area contributed by atoms with Crippen molar-refractivity contribution in [3.8, 4) is 11.5 Å². The second-order valence-electron chi connectivity index (χ2n) is 10.4. The Labute approximate surface area is 228 Å². The molecule has 13 heteroatoms. The van der Waals surface area contributed by atoms with Crippen LogP contribution in [-0.2, 0) is 9.47 Å². The van der Waals surface area contributed by atoms with E-state index in [1.807, 2.05) is 0 Å². The second-order valence-corrected chi connectivity index (χ2v) is 10.4. The monoisotopic (exact) mass is 564 g/mol. The van der Waals surface area contributed by atoms with Crippen molar-refractivity contribution in [2.75, 3.05) is 13.2 Å². The van der Waals surface area contributed by atoms with Gasteiger partial charge in [-0.3, -0.25) is 4.79 Å². The lowest BCUT2D eigenvalue weighted by molar-refractivity contribution is -0.277. The molecule has 3 aliphatic rings. The Bertz CT molecular complexity index is 1260.